The number of fused-ring (bicyclic) bond motifs is 1. The standard InChI is InChI=1S/C15H21N3O2/c1-18-13-5-3-2-4-12(13)17-14(18)10-16-11-15(19)6-8-20-9-7-15/h2-5,16,19H,6-11H2,1H3. The summed E-state index contributed by atoms with van der Waals surface area (Å²) in [5, 5.41) is 13.7. The van der Waals surface area contributed by atoms with E-state index in [0.29, 0.717) is 39.1 Å². The number of nitrogens with one attached hydrogen (secondary N) is 1. The van der Waals surface area contributed by atoms with E-state index in [2.05, 4.69) is 20.9 Å². The summed E-state index contributed by atoms with van der Waals surface area (Å²) in [6, 6.07) is 8.10. The summed E-state index contributed by atoms with van der Waals surface area (Å²) in [7, 11) is 2.02. The van der Waals surface area contributed by atoms with Gasteiger partial charge in [-0.25, -0.2) is 4.98 Å². The van der Waals surface area contributed by atoms with Crippen LogP contribution in [-0.2, 0) is 18.3 Å². The summed E-state index contributed by atoms with van der Waals surface area (Å²) >= 11 is 0. The minimum absolute atomic E-state index is 0.583. The molecule has 5 nitrogen and oxygen atoms in total. The van der Waals surface area contributed by atoms with E-state index in [-0.39, 0.29) is 0 Å². The number of nitrogens with zero attached hydrogens (tertiary/aromatic N) is 2. The van der Waals surface area contributed by atoms with E-state index in [0.717, 1.165) is 16.9 Å². The molecule has 1 aliphatic heterocycles. The van der Waals surface area contributed by atoms with Crippen molar-refractivity contribution in [2.45, 2.75) is 25.0 Å². The molecule has 2 N–H and O–H groups in total. The normalized spacial score (nSPS) is 18.5. The van der Waals surface area contributed by atoms with Crippen molar-refractivity contribution in [2.75, 3.05) is 19.8 Å². The molecule has 3 rings (SSSR count). The predicted molar refractivity (Wildman–Crippen MR) is 77.4 cm³/mol. The molecule has 20 heavy (non-hydrogen) atoms. The van der Waals surface area contributed by atoms with E-state index in [1.165, 1.54) is 0 Å². The Balaban J connectivity index is 1.63. The average molecular weight is 275 g/mol. The summed E-state index contributed by atoms with van der Waals surface area (Å²) in [5.41, 5.74) is 1.51. The molecule has 108 valence electrons. The molecule has 0 radical (unpaired) electrons. The molecule has 1 fully saturated rings. The van der Waals surface area contributed by atoms with E-state index in [9.17, 15) is 5.11 Å². The van der Waals surface area contributed by atoms with E-state index < -0.39 is 5.60 Å². The second-order valence-electron chi connectivity index (χ2n) is 5.52. The monoisotopic (exact) mass is 275 g/mol. The van der Waals surface area contributed by atoms with Crippen molar-refractivity contribution in [2.24, 2.45) is 7.05 Å². The first-order valence-electron chi connectivity index (χ1n) is 7.09. The van der Waals surface area contributed by atoms with Crippen molar-refractivity contribution in [3.05, 3.63) is 30.1 Å². The number of benzene rings is 1. The Kier molecular flexibility index (Phi) is 3.74. The van der Waals surface area contributed by atoms with E-state index >= 15 is 0 Å². The third-order valence-corrected chi connectivity index (χ3v) is 4.04. The SMILES string of the molecule is Cn1c(CNCC2(O)CCOCC2)nc2ccccc21. The molecule has 1 aromatic carbocycles. The van der Waals surface area contributed by atoms with Crippen LogP contribution in [0.5, 0.6) is 0 Å². The molecule has 0 saturated carbocycles. The fraction of sp³-hybridized carbons (Fsp3) is 0.533. The van der Waals surface area contributed by atoms with Crippen LogP contribution in [0.1, 0.15) is 18.7 Å². The zero-order valence-corrected chi connectivity index (χ0v) is 11.8. The molecule has 0 atom stereocenters. The van der Waals surface area contributed by atoms with Gasteiger partial charge in [-0.15, -0.1) is 0 Å². The lowest BCUT2D eigenvalue weighted by Gasteiger charge is -2.32. The van der Waals surface area contributed by atoms with Crippen molar-refractivity contribution in [3.8, 4) is 0 Å². The van der Waals surface area contributed by atoms with Gasteiger partial charge in [-0.3, -0.25) is 0 Å². The van der Waals surface area contributed by atoms with Crippen LogP contribution in [0.3, 0.4) is 0 Å². The van der Waals surface area contributed by atoms with Gasteiger partial charge in [0, 0.05) is 39.6 Å². The summed E-state index contributed by atoms with van der Waals surface area (Å²) in [6.07, 6.45) is 1.39. The maximum Gasteiger partial charge on any atom is 0.123 e. The average Bonchev–Trinajstić information content (AvgIpc) is 2.77. The Morgan fingerprint density at radius 3 is 2.85 bits per heavy atom. The molecule has 2 heterocycles. The summed E-state index contributed by atoms with van der Waals surface area (Å²) < 4.78 is 7.38. The molecule has 0 amide bonds. The first kappa shape index (κ1) is 13.5. The minimum atomic E-state index is -0.636. The van der Waals surface area contributed by atoms with Crippen LogP contribution < -0.4 is 5.32 Å². The summed E-state index contributed by atoms with van der Waals surface area (Å²) in [4.78, 5) is 4.61. The van der Waals surface area contributed by atoms with E-state index in [4.69, 9.17) is 4.74 Å². The Bertz CT molecular complexity index is 588. The van der Waals surface area contributed by atoms with Gasteiger partial charge in [-0.2, -0.15) is 0 Å². The molecule has 0 aliphatic carbocycles. The fourth-order valence-corrected chi connectivity index (χ4v) is 2.69. The number of aliphatic hydroxyl groups is 1. The molecule has 2 aromatic rings. The van der Waals surface area contributed by atoms with Crippen LogP contribution in [0, 0.1) is 0 Å². The number of hydrogen-bond donors (Lipinski definition) is 2. The summed E-state index contributed by atoms with van der Waals surface area (Å²) in [6.45, 7) is 2.53. The third kappa shape index (κ3) is 2.70. The minimum Gasteiger partial charge on any atom is -0.388 e. The second-order valence-corrected chi connectivity index (χ2v) is 5.52. The molecule has 5 heteroatoms. The number of aromatic nitrogens is 2. The Hall–Kier alpha value is -1.43. The number of aryl methyl sites for hydroxylation is 1. The number of ether oxygens (including phenoxy) is 1. The van der Waals surface area contributed by atoms with Gasteiger partial charge in [0.1, 0.15) is 5.82 Å². The molecule has 0 unspecified atom stereocenters. The molecule has 1 saturated heterocycles. The second kappa shape index (κ2) is 5.52. The number of imidazole rings is 1. The molecule has 1 aliphatic rings. The van der Waals surface area contributed by atoms with Crippen LogP contribution in [0.2, 0.25) is 0 Å². The lowest BCUT2D eigenvalue weighted by molar-refractivity contribution is -0.0617. The highest BCUT2D eigenvalue weighted by Crippen LogP contribution is 2.19. The highest BCUT2D eigenvalue weighted by molar-refractivity contribution is 5.75. The first-order valence-corrected chi connectivity index (χ1v) is 7.09. The lowest BCUT2D eigenvalue weighted by atomic mass is 9.94. The Morgan fingerprint density at radius 2 is 2.10 bits per heavy atom. The van der Waals surface area contributed by atoms with E-state index in [1.807, 2.05) is 25.2 Å². The molecule has 0 spiro atoms. The van der Waals surface area contributed by atoms with Gasteiger partial charge in [0.05, 0.1) is 23.2 Å². The van der Waals surface area contributed by atoms with Crippen LogP contribution in [0.4, 0.5) is 0 Å². The third-order valence-electron chi connectivity index (χ3n) is 4.04. The first-order chi connectivity index (χ1) is 9.68. The van der Waals surface area contributed by atoms with Gasteiger partial charge >= 0.3 is 0 Å². The van der Waals surface area contributed by atoms with Gasteiger partial charge < -0.3 is 19.7 Å². The van der Waals surface area contributed by atoms with Gasteiger partial charge in [0.25, 0.3) is 0 Å². The molecule has 1 aromatic heterocycles. The topological polar surface area (TPSA) is 59.3 Å². The molecule has 0 bridgehead atoms. The van der Waals surface area contributed by atoms with Crippen molar-refractivity contribution in [1.29, 1.82) is 0 Å². The lowest BCUT2D eigenvalue weighted by Crippen LogP contribution is -2.45. The van der Waals surface area contributed by atoms with Crippen LogP contribution in [0.15, 0.2) is 24.3 Å². The number of hydrogen-bond acceptors (Lipinski definition) is 4. The summed E-state index contributed by atoms with van der Waals surface area (Å²) in [5.74, 6) is 0.988. The maximum atomic E-state index is 10.4. The zero-order chi connectivity index (χ0) is 14.0. The van der Waals surface area contributed by atoms with Crippen LogP contribution >= 0.6 is 0 Å². The van der Waals surface area contributed by atoms with Crippen molar-refractivity contribution in [1.82, 2.24) is 14.9 Å². The Morgan fingerprint density at radius 1 is 1.35 bits per heavy atom. The fourth-order valence-electron chi connectivity index (χ4n) is 2.69. The van der Waals surface area contributed by atoms with Gasteiger partial charge in [0.15, 0.2) is 0 Å². The number of para-hydroxylation sites is 2. The highest BCUT2D eigenvalue weighted by Gasteiger charge is 2.29. The smallest absolute Gasteiger partial charge is 0.123 e. The zero-order valence-electron chi connectivity index (χ0n) is 11.8. The number of rotatable bonds is 4. The van der Waals surface area contributed by atoms with Crippen LogP contribution in [-0.4, -0.2) is 40.0 Å². The quantitative estimate of drug-likeness (QED) is 0.880. The van der Waals surface area contributed by atoms with Crippen molar-refractivity contribution >= 4 is 11.0 Å². The van der Waals surface area contributed by atoms with Crippen molar-refractivity contribution in [3.63, 3.8) is 0 Å². The predicted octanol–water partition coefficient (Wildman–Crippen LogP) is 1.20. The molecular weight excluding hydrogens is 254 g/mol. The Labute approximate surface area is 118 Å². The van der Waals surface area contributed by atoms with E-state index in [1.54, 1.807) is 0 Å². The maximum absolute atomic E-state index is 10.4. The van der Waals surface area contributed by atoms with Crippen molar-refractivity contribution < 1.29 is 9.84 Å². The van der Waals surface area contributed by atoms with Crippen LogP contribution in [0.25, 0.3) is 11.0 Å². The van der Waals surface area contributed by atoms with Gasteiger partial charge in [-0.1, -0.05) is 12.1 Å². The largest absolute Gasteiger partial charge is 0.388 e. The molecular formula is C15H21N3O2. The van der Waals surface area contributed by atoms with Gasteiger partial charge in [-0.05, 0) is 12.1 Å². The van der Waals surface area contributed by atoms with Gasteiger partial charge in [0.2, 0.25) is 0 Å². The highest BCUT2D eigenvalue weighted by atomic mass is 16.5.